The highest BCUT2D eigenvalue weighted by Gasteiger charge is 1.58. The average molecular weight is 258 g/mol. The fraction of sp³-hybridized carbons (Fsp3) is 0.333. The summed E-state index contributed by atoms with van der Waals surface area (Å²) in [6.45, 7) is 2.25. The highest BCUT2D eigenvalue weighted by Crippen LogP contribution is 1.79. The first-order valence-corrected chi connectivity index (χ1v) is 3.52. The number of hydrogen-bond acceptors (Lipinski definition) is 1. The van der Waals surface area contributed by atoms with E-state index in [2.05, 4.69) is 0 Å². The molecule has 0 saturated heterocycles. The Labute approximate surface area is 90.7 Å². The standard InChI is InChI=1S/C6H6.C3H8O.6FH/c1-2-4-6-5-3-1;1-2-3-4;;;;;;/h1-6H;4H,2-3H2,1H3;6*1H. The highest BCUT2D eigenvalue weighted by atomic mass is 19.0. The van der Waals surface area contributed by atoms with E-state index in [9.17, 15) is 0 Å². The lowest BCUT2D eigenvalue weighted by Crippen LogP contribution is -1.69. The zero-order chi connectivity index (χ0) is 7.66. The molecule has 0 saturated carbocycles. The van der Waals surface area contributed by atoms with Crippen LogP contribution in [0, 0.1) is 0 Å². The van der Waals surface area contributed by atoms with Crippen LogP contribution in [0.4, 0.5) is 28.2 Å². The van der Waals surface area contributed by atoms with Gasteiger partial charge in [0.1, 0.15) is 0 Å². The van der Waals surface area contributed by atoms with Gasteiger partial charge in [-0.15, -0.1) is 0 Å². The zero-order valence-electron chi connectivity index (χ0n) is 8.78. The summed E-state index contributed by atoms with van der Waals surface area (Å²) in [7, 11) is 0. The van der Waals surface area contributed by atoms with Crippen LogP contribution in [-0.4, -0.2) is 11.7 Å². The van der Waals surface area contributed by atoms with Gasteiger partial charge in [0.2, 0.25) is 0 Å². The maximum absolute atomic E-state index is 7.88. The Hall–Kier alpha value is -1.24. The van der Waals surface area contributed by atoms with Gasteiger partial charge in [-0.25, -0.2) is 0 Å². The smallest absolute Gasteiger partial charge is 0.0428 e. The normalized spacial score (nSPS) is 4.88. The third-order valence-corrected chi connectivity index (χ3v) is 0.890. The molecule has 0 spiro atoms. The van der Waals surface area contributed by atoms with Crippen molar-refractivity contribution < 1.29 is 33.3 Å². The summed E-state index contributed by atoms with van der Waals surface area (Å²) in [6, 6.07) is 12.0. The fourth-order valence-corrected chi connectivity index (χ4v) is 0.385. The van der Waals surface area contributed by atoms with Crippen molar-refractivity contribution in [3.8, 4) is 0 Å². The number of halogens is 6. The van der Waals surface area contributed by atoms with E-state index in [1.54, 1.807) is 0 Å². The molecule has 16 heavy (non-hydrogen) atoms. The molecular formula is C9H20F6O. The first-order valence-electron chi connectivity index (χ1n) is 3.52. The molecule has 104 valence electrons. The molecule has 1 rings (SSSR count). The van der Waals surface area contributed by atoms with Gasteiger partial charge in [-0.2, -0.15) is 0 Å². The average Bonchev–Trinajstić information content (AvgIpc) is 2.08. The van der Waals surface area contributed by atoms with Crippen LogP contribution in [0.3, 0.4) is 0 Å². The van der Waals surface area contributed by atoms with Crippen LogP contribution in [0.25, 0.3) is 0 Å². The Morgan fingerprint density at radius 3 is 0.812 bits per heavy atom. The van der Waals surface area contributed by atoms with Crippen molar-refractivity contribution in [2.75, 3.05) is 6.61 Å². The monoisotopic (exact) mass is 258 g/mol. The SMILES string of the molecule is CCCO.F.F.F.F.F.F.c1ccccc1. The van der Waals surface area contributed by atoms with Gasteiger partial charge in [-0.3, -0.25) is 28.2 Å². The van der Waals surface area contributed by atoms with Gasteiger partial charge in [0.15, 0.2) is 0 Å². The molecule has 0 amide bonds. The van der Waals surface area contributed by atoms with Crippen molar-refractivity contribution in [3.05, 3.63) is 36.4 Å². The van der Waals surface area contributed by atoms with Gasteiger partial charge >= 0.3 is 0 Å². The summed E-state index contributed by atoms with van der Waals surface area (Å²) in [5.74, 6) is 0. The minimum absolute atomic E-state index is 0. The van der Waals surface area contributed by atoms with Crippen molar-refractivity contribution >= 4 is 0 Å². The Morgan fingerprint density at radius 1 is 0.625 bits per heavy atom. The summed E-state index contributed by atoms with van der Waals surface area (Å²) in [5, 5.41) is 7.88. The van der Waals surface area contributed by atoms with Crippen LogP contribution in [0.1, 0.15) is 13.3 Å². The number of aliphatic hydroxyl groups is 1. The minimum Gasteiger partial charge on any atom is -0.396 e. The molecule has 0 aromatic heterocycles. The van der Waals surface area contributed by atoms with Crippen LogP contribution in [0.15, 0.2) is 36.4 Å². The van der Waals surface area contributed by atoms with E-state index in [4.69, 9.17) is 5.11 Å². The molecule has 1 N–H and O–H groups in total. The van der Waals surface area contributed by atoms with E-state index < -0.39 is 0 Å². The second kappa shape index (κ2) is 49.0. The van der Waals surface area contributed by atoms with E-state index in [0.717, 1.165) is 6.42 Å². The molecular weight excluding hydrogens is 238 g/mol. The lowest BCUT2D eigenvalue weighted by atomic mass is 10.4. The Kier molecular flexibility index (Phi) is 142. The van der Waals surface area contributed by atoms with Gasteiger partial charge in [-0.05, 0) is 6.42 Å². The van der Waals surface area contributed by atoms with Crippen LogP contribution in [0.2, 0.25) is 0 Å². The van der Waals surface area contributed by atoms with Crippen LogP contribution < -0.4 is 0 Å². The van der Waals surface area contributed by atoms with Crippen LogP contribution in [0.5, 0.6) is 0 Å². The summed E-state index contributed by atoms with van der Waals surface area (Å²) in [4.78, 5) is 0. The van der Waals surface area contributed by atoms with Gasteiger partial charge in [0.05, 0.1) is 0 Å². The molecule has 0 aliphatic rings. The molecule has 0 aliphatic carbocycles. The van der Waals surface area contributed by atoms with Crippen molar-refractivity contribution in [3.63, 3.8) is 0 Å². The molecule has 0 heterocycles. The van der Waals surface area contributed by atoms with Crippen molar-refractivity contribution in [2.24, 2.45) is 0 Å². The van der Waals surface area contributed by atoms with Crippen LogP contribution in [-0.2, 0) is 0 Å². The molecule has 0 aliphatic heterocycles. The Balaban J connectivity index is -0.0000000153. The van der Waals surface area contributed by atoms with Crippen LogP contribution >= 0.6 is 0 Å². The molecule has 1 nitrogen and oxygen atoms in total. The predicted octanol–water partition coefficient (Wildman–Crippen LogP) is 2.99. The molecule has 0 atom stereocenters. The largest absolute Gasteiger partial charge is 0.396 e. The Morgan fingerprint density at radius 2 is 0.750 bits per heavy atom. The fourth-order valence-electron chi connectivity index (χ4n) is 0.385. The number of aliphatic hydroxyl groups excluding tert-OH is 1. The lowest BCUT2D eigenvalue weighted by Gasteiger charge is -1.69. The number of rotatable bonds is 1. The molecule has 0 radical (unpaired) electrons. The van der Waals surface area contributed by atoms with E-state index >= 15 is 0 Å². The van der Waals surface area contributed by atoms with Crippen molar-refractivity contribution in [1.29, 1.82) is 0 Å². The molecule has 0 fully saturated rings. The summed E-state index contributed by atoms with van der Waals surface area (Å²) >= 11 is 0. The molecule has 7 heteroatoms. The minimum atomic E-state index is 0. The highest BCUT2D eigenvalue weighted by molar-refractivity contribution is 4.99. The van der Waals surface area contributed by atoms with E-state index in [-0.39, 0.29) is 28.2 Å². The van der Waals surface area contributed by atoms with Gasteiger partial charge in [-0.1, -0.05) is 43.3 Å². The van der Waals surface area contributed by atoms with Gasteiger partial charge in [0, 0.05) is 6.61 Å². The van der Waals surface area contributed by atoms with E-state index in [1.165, 1.54) is 0 Å². The molecule has 1 aromatic rings. The quantitative estimate of drug-likeness (QED) is 0.768. The maximum atomic E-state index is 7.88. The lowest BCUT2D eigenvalue weighted by molar-refractivity contribution is 0.295. The summed E-state index contributed by atoms with van der Waals surface area (Å²) in [5.41, 5.74) is 0. The summed E-state index contributed by atoms with van der Waals surface area (Å²) < 4.78 is 0. The van der Waals surface area contributed by atoms with Crippen molar-refractivity contribution in [1.82, 2.24) is 0 Å². The molecule has 1 aromatic carbocycles. The first kappa shape index (κ1) is 46.4. The second-order valence-electron chi connectivity index (χ2n) is 1.88. The Bertz CT molecular complexity index is 112. The topological polar surface area (TPSA) is 20.2 Å². The second-order valence-corrected chi connectivity index (χ2v) is 1.88. The molecule has 0 unspecified atom stereocenters. The van der Waals surface area contributed by atoms with Gasteiger partial charge < -0.3 is 5.11 Å². The van der Waals surface area contributed by atoms with Gasteiger partial charge in [0.25, 0.3) is 0 Å². The third kappa shape index (κ3) is 53.2. The van der Waals surface area contributed by atoms with E-state index in [1.807, 2.05) is 43.3 Å². The summed E-state index contributed by atoms with van der Waals surface area (Å²) in [6.07, 6.45) is 0.875. The number of hydrogen-bond donors (Lipinski definition) is 1. The van der Waals surface area contributed by atoms with Crippen molar-refractivity contribution in [2.45, 2.75) is 13.3 Å². The molecule has 0 bridgehead atoms. The maximum Gasteiger partial charge on any atom is 0.0428 e. The first-order chi connectivity index (χ1) is 4.91. The number of benzene rings is 1. The zero-order valence-corrected chi connectivity index (χ0v) is 8.78. The van der Waals surface area contributed by atoms with E-state index in [0.29, 0.717) is 6.61 Å². The third-order valence-electron chi connectivity index (χ3n) is 0.890. The predicted molar refractivity (Wildman–Crippen MR) is 58.8 cm³/mol.